The van der Waals surface area contributed by atoms with Crippen LogP contribution in [-0.4, -0.2) is 51.1 Å². The van der Waals surface area contributed by atoms with Crippen molar-refractivity contribution < 1.29 is 9.53 Å². The third-order valence-electron chi connectivity index (χ3n) is 4.25. The van der Waals surface area contributed by atoms with E-state index in [9.17, 15) is 9.59 Å². The van der Waals surface area contributed by atoms with E-state index in [4.69, 9.17) is 4.74 Å². The standard InChI is InChI=1S/C17H21BrN4O3S/c1-21(9-12-5-2-3-7-14(12)18)15(23)11-26-17-20-19-16(24)22(17)10-13-6-4-8-25-13/h2-3,5,7,13H,4,6,8-11H2,1H3,(H,19,24). The average molecular weight is 441 g/mol. The topological polar surface area (TPSA) is 80.2 Å². The van der Waals surface area contributed by atoms with Crippen molar-refractivity contribution in [2.75, 3.05) is 19.4 Å². The van der Waals surface area contributed by atoms with Gasteiger partial charge in [-0.15, -0.1) is 5.10 Å². The third-order valence-corrected chi connectivity index (χ3v) is 5.98. The summed E-state index contributed by atoms with van der Waals surface area (Å²) in [4.78, 5) is 26.1. The zero-order valence-electron chi connectivity index (χ0n) is 14.5. The summed E-state index contributed by atoms with van der Waals surface area (Å²) in [5.74, 6) is 0.196. The van der Waals surface area contributed by atoms with Crippen LogP contribution in [0.3, 0.4) is 0 Å². The molecule has 0 aliphatic carbocycles. The predicted octanol–water partition coefficient (Wildman–Crippen LogP) is 2.26. The fraction of sp³-hybridized carbons (Fsp3) is 0.471. The number of hydrogen-bond acceptors (Lipinski definition) is 5. The lowest BCUT2D eigenvalue weighted by molar-refractivity contribution is -0.127. The van der Waals surface area contributed by atoms with E-state index in [1.807, 2.05) is 24.3 Å². The Labute approximate surface area is 164 Å². The molecule has 1 aromatic heterocycles. The maximum atomic E-state index is 12.4. The number of halogens is 1. The Balaban J connectivity index is 1.57. The molecule has 1 aliphatic rings. The second-order valence-corrected chi connectivity index (χ2v) is 7.98. The molecule has 2 aromatic rings. The summed E-state index contributed by atoms with van der Waals surface area (Å²) in [6, 6.07) is 7.82. The number of ether oxygens (including phenoxy) is 1. The molecule has 26 heavy (non-hydrogen) atoms. The van der Waals surface area contributed by atoms with Gasteiger partial charge in [0.05, 0.1) is 18.4 Å². The second kappa shape index (κ2) is 8.88. The number of carbonyl (C=O) groups excluding carboxylic acids is 1. The van der Waals surface area contributed by atoms with Crippen LogP contribution >= 0.6 is 27.7 Å². The molecule has 2 heterocycles. The van der Waals surface area contributed by atoms with Crippen LogP contribution in [0, 0.1) is 0 Å². The molecule has 0 radical (unpaired) electrons. The Hall–Kier alpha value is -1.58. The van der Waals surface area contributed by atoms with Crippen molar-refractivity contribution in [2.45, 2.75) is 37.2 Å². The van der Waals surface area contributed by atoms with Gasteiger partial charge in [-0.05, 0) is 24.5 Å². The molecule has 1 amide bonds. The SMILES string of the molecule is CN(Cc1ccccc1Br)C(=O)CSc1n[nH]c(=O)n1CC1CCCO1. The molecular formula is C17H21BrN4O3S. The van der Waals surface area contributed by atoms with Gasteiger partial charge in [-0.2, -0.15) is 0 Å². The average Bonchev–Trinajstić information content (AvgIpc) is 3.26. The lowest BCUT2D eigenvalue weighted by Gasteiger charge is -2.18. The molecule has 1 unspecified atom stereocenters. The number of H-pyrrole nitrogens is 1. The van der Waals surface area contributed by atoms with Crippen LogP contribution in [0.2, 0.25) is 0 Å². The second-order valence-electron chi connectivity index (χ2n) is 6.19. The minimum Gasteiger partial charge on any atom is -0.376 e. The van der Waals surface area contributed by atoms with Gasteiger partial charge < -0.3 is 9.64 Å². The van der Waals surface area contributed by atoms with Gasteiger partial charge in [0, 0.05) is 24.7 Å². The van der Waals surface area contributed by atoms with E-state index < -0.39 is 0 Å². The van der Waals surface area contributed by atoms with Crippen molar-refractivity contribution in [1.82, 2.24) is 19.7 Å². The van der Waals surface area contributed by atoms with Crippen LogP contribution in [0.5, 0.6) is 0 Å². The van der Waals surface area contributed by atoms with E-state index >= 15 is 0 Å². The van der Waals surface area contributed by atoms with Crippen molar-refractivity contribution in [2.24, 2.45) is 0 Å². The van der Waals surface area contributed by atoms with Crippen LogP contribution in [0.1, 0.15) is 18.4 Å². The lowest BCUT2D eigenvalue weighted by Crippen LogP contribution is -2.28. The summed E-state index contributed by atoms with van der Waals surface area (Å²) in [6.07, 6.45) is 1.99. The number of benzene rings is 1. The van der Waals surface area contributed by atoms with Gasteiger partial charge in [0.2, 0.25) is 5.91 Å². The molecule has 1 aliphatic heterocycles. The summed E-state index contributed by atoms with van der Waals surface area (Å²) in [5.41, 5.74) is 0.778. The number of thioether (sulfide) groups is 1. The Kier molecular flexibility index (Phi) is 6.55. The van der Waals surface area contributed by atoms with Crippen molar-refractivity contribution in [1.29, 1.82) is 0 Å². The van der Waals surface area contributed by atoms with E-state index in [0.29, 0.717) is 18.2 Å². The first-order valence-corrected chi connectivity index (χ1v) is 10.2. The smallest absolute Gasteiger partial charge is 0.344 e. The molecule has 0 spiro atoms. The summed E-state index contributed by atoms with van der Waals surface area (Å²) < 4.78 is 8.12. The molecule has 9 heteroatoms. The molecule has 7 nitrogen and oxygen atoms in total. The fourth-order valence-electron chi connectivity index (χ4n) is 2.77. The summed E-state index contributed by atoms with van der Waals surface area (Å²) >= 11 is 4.76. The highest BCUT2D eigenvalue weighted by atomic mass is 79.9. The Morgan fingerprint density at radius 1 is 1.50 bits per heavy atom. The summed E-state index contributed by atoms with van der Waals surface area (Å²) in [6.45, 7) is 1.72. The van der Waals surface area contributed by atoms with Crippen LogP contribution in [0.4, 0.5) is 0 Å². The molecule has 140 valence electrons. The zero-order chi connectivity index (χ0) is 18.5. The number of rotatable bonds is 7. The molecule has 0 bridgehead atoms. The van der Waals surface area contributed by atoms with Crippen LogP contribution in [0.15, 0.2) is 38.7 Å². The molecule has 1 N–H and O–H groups in total. The van der Waals surface area contributed by atoms with Crippen molar-refractivity contribution in [3.8, 4) is 0 Å². The molecule has 1 saturated heterocycles. The predicted molar refractivity (Wildman–Crippen MR) is 103 cm³/mol. The van der Waals surface area contributed by atoms with E-state index in [1.54, 1.807) is 16.5 Å². The summed E-state index contributed by atoms with van der Waals surface area (Å²) in [5, 5.41) is 7.02. The van der Waals surface area contributed by atoms with E-state index in [1.165, 1.54) is 11.8 Å². The Morgan fingerprint density at radius 2 is 2.31 bits per heavy atom. The number of aromatic amines is 1. The van der Waals surface area contributed by atoms with Crippen LogP contribution in [-0.2, 0) is 22.6 Å². The van der Waals surface area contributed by atoms with Crippen molar-refractivity contribution in [3.05, 3.63) is 44.8 Å². The zero-order valence-corrected chi connectivity index (χ0v) is 16.9. The molecule has 1 fully saturated rings. The molecular weight excluding hydrogens is 420 g/mol. The maximum absolute atomic E-state index is 12.4. The van der Waals surface area contributed by atoms with Crippen molar-refractivity contribution in [3.63, 3.8) is 0 Å². The third kappa shape index (κ3) is 4.77. The number of carbonyl (C=O) groups is 1. The monoisotopic (exact) mass is 440 g/mol. The molecule has 1 aromatic carbocycles. The van der Waals surface area contributed by atoms with Gasteiger partial charge in [0.15, 0.2) is 5.16 Å². The van der Waals surface area contributed by atoms with E-state index in [0.717, 1.165) is 29.5 Å². The largest absolute Gasteiger partial charge is 0.376 e. The van der Waals surface area contributed by atoms with Gasteiger partial charge in [0.25, 0.3) is 0 Å². The van der Waals surface area contributed by atoms with E-state index in [2.05, 4.69) is 26.1 Å². The van der Waals surface area contributed by atoms with Gasteiger partial charge in [-0.3, -0.25) is 9.36 Å². The molecule has 1 atom stereocenters. The first kappa shape index (κ1) is 19.2. The van der Waals surface area contributed by atoms with Gasteiger partial charge in [-0.1, -0.05) is 45.9 Å². The Morgan fingerprint density at radius 3 is 3.04 bits per heavy atom. The van der Waals surface area contributed by atoms with Crippen LogP contribution in [0.25, 0.3) is 0 Å². The number of nitrogens with one attached hydrogen (secondary N) is 1. The normalized spacial score (nSPS) is 16.8. The number of aromatic nitrogens is 3. The fourth-order valence-corrected chi connectivity index (χ4v) is 4.08. The number of nitrogens with zero attached hydrogens (tertiary/aromatic N) is 3. The minimum atomic E-state index is -0.267. The highest BCUT2D eigenvalue weighted by Crippen LogP contribution is 2.20. The number of amides is 1. The maximum Gasteiger partial charge on any atom is 0.344 e. The first-order chi connectivity index (χ1) is 12.5. The van der Waals surface area contributed by atoms with Gasteiger partial charge in [-0.25, -0.2) is 9.89 Å². The molecule has 0 saturated carbocycles. The Bertz CT molecular complexity index is 816. The minimum absolute atomic E-state index is 0.0233. The molecule has 3 rings (SSSR count). The number of hydrogen-bond donors (Lipinski definition) is 1. The quantitative estimate of drug-likeness (QED) is 0.667. The van der Waals surface area contributed by atoms with Crippen LogP contribution < -0.4 is 5.69 Å². The van der Waals surface area contributed by atoms with Gasteiger partial charge in [0.1, 0.15) is 0 Å². The lowest BCUT2D eigenvalue weighted by atomic mass is 10.2. The highest BCUT2D eigenvalue weighted by Gasteiger charge is 2.20. The first-order valence-electron chi connectivity index (χ1n) is 8.41. The van der Waals surface area contributed by atoms with E-state index in [-0.39, 0.29) is 23.5 Å². The van der Waals surface area contributed by atoms with Gasteiger partial charge >= 0.3 is 5.69 Å². The highest BCUT2D eigenvalue weighted by molar-refractivity contribution is 9.10. The van der Waals surface area contributed by atoms with Crippen molar-refractivity contribution >= 4 is 33.6 Å². The summed E-state index contributed by atoms with van der Waals surface area (Å²) in [7, 11) is 1.77.